The molecule has 1 aliphatic heterocycles. The summed E-state index contributed by atoms with van der Waals surface area (Å²) in [5, 5.41) is 11.4. The molecule has 4 rings (SSSR count). The molecule has 1 amide bonds. The first-order chi connectivity index (χ1) is 16.2. The standard InChI is InChI=1S/C26H20ClF2NO4/c1-3-34-17-8-9-19(27)18(13-17)24(31)22-23(15-6-4-5-14(2)11-15)30(26(33)25(22)32)16-7-10-20(28)21(29)12-16/h4-13,23,31H,3H2,1-2H3/b24-22+. The zero-order chi connectivity index (χ0) is 24.6. The average Bonchev–Trinajstić information content (AvgIpc) is 3.07. The third-order valence-electron chi connectivity index (χ3n) is 5.49. The van der Waals surface area contributed by atoms with Crippen molar-refractivity contribution in [3.8, 4) is 5.75 Å². The summed E-state index contributed by atoms with van der Waals surface area (Å²) in [7, 11) is 0. The number of hydrogen-bond donors (Lipinski definition) is 1. The van der Waals surface area contributed by atoms with E-state index in [-0.39, 0.29) is 21.8 Å². The number of benzene rings is 3. The number of halogens is 3. The van der Waals surface area contributed by atoms with Gasteiger partial charge < -0.3 is 9.84 Å². The molecule has 34 heavy (non-hydrogen) atoms. The third-order valence-corrected chi connectivity index (χ3v) is 5.82. The Hall–Kier alpha value is -3.71. The van der Waals surface area contributed by atoms with Crippen LogP contribution in [0.1, 0.15) is 29.7 Å². The highest BCUT2D eigenvalue weighted by atomic mass is 35.5. The Morgan fingerprint density at radius 3 is 2.50 bits per heavy atom. The number of aliphatic hydroxyl groups is 1. The normalized spacial score (nSPS) is 17.3. The molecule has 0 spiro atoms. The Kier molecular flexibility index (Phi) is 6.39. The van der Waals surface area contributed by atoms with Crippen molar-refractivity contribution in [2.75, 3.05) is 11.5 Å². The maximum Gasteiger partial charge on any atom is 0.300 e. The van der Waals surface area contributed by atoms with Gasteiger partial charge in [-0.2, -0.15) is 0 Å². The molecule has 0 bridgehead atoms. The molecular formula is C26H20ClF2NO4. The summed E-state index contributed by atoms with van der Waals surface area (Å²) in [6, 6.07) is 13.4. The van der Waals surface area contributed by atoms with E-state index < -0.39 is 35.1 Å². The number of carbonyl (C=O) groups is 2. The van der Waals surface area contributed by atoms with Crippen LogP contribution in [0.25, 0.3) is 5.76 Å². The number of carbonyl (C=O) groups excluding carboxylic acids is 2. The van der Waals surface area contributed by atoms with Crippen molar-refractivity contribution in [1.82, 2.24) is 0 Å². The van der Waals surface area contributed by atoms with Gasteiger partial charge >= 0.3 is 0 Å². The van der Waals surface area contributed by atoms with Crippen molar-refractivity contribution in [2.45, 2.75) is 19.9 Å². The topological polar surface area (TPSA) is 66.8 Å². The number of rotatable bonds is 5. The number of ketones is 1. The molecule has 1 saturated heterocycles. The summed E-state index contributed by atoms with van der Waals surface area (Å²) in [5.41, 5.74) is 1.19. The molecule has 1 fully saturated rings. The van der Waals surface area contributed by atoms with E-state index >= 15 is 0 Å². The van der Waals surface area contributed by atoms with Gasteiger partial charge in [0.1, 0.15) is 11.5 Å². The van der Waals surface area contributed by atoms with Crippen molar-refractivity contribution >= 4 is 34.7 Å². The van der Waals surface area contributed by atoms with Crippen LogP contribution in [0.2, 0.25) is 5.02 Å². The zero-order valence-electron chi connectivity index (χ0n) is 18.3. The third kappa shape index (κ3) is 4.15. The van der Waals surface area contributed by atoms with Gasteiger partial charge in [0.2, 0.25) is 0 Å². The largest absolute Gasteiger partial charge is 0.507 e. The minimum absolute atomic E-state index is 0.0271. The fourth-order valence-corrected chi connectivity index (χ4v) is 4.18. The van der Waals surface area contributed by atoms with Crippen molar-refractivity contribution < 1.29 is 28.2 Å². The second kappa shape index (κ2) is 9.27. The molecule has 3 aromatic rings. The van der Waals surface area contributed by atoms with E-state index in [0.29, 0.717) is 17.9 Å². The highest BCUT2D eigenvalue weighted by Gasteiger charge is 2.47. The van der Waals surface area contributed by atoms with E-state index in [0.717, 1.165) is 22.6 Å². The highest BCUT2D eigenvalue weighted by molar-refractivity contribution is 6.52. The van der Waals surface area contributed by atoms with E-state index in [1.54, 1.807) is 31.2 Å². The minimum Gasteiger partial charge on any atom is -0.507 e. The second-order valence-corrected chi connectivity index (χ2v) is 8.16. The number of aliphatic hydroxyl groups excluding tert-OH is 1. The van der Waals surface area contributed by atoms with Crippen molar-refractivity contribution in [3.63, 3.8) is 0 Å². The van der Waals surface area contributed by atoms with Crippen LogP contribution < -0.4 is 9.64 Å². The van der Waals surface area contributed by atoms with Gasteiger partial charge in [-0.05, 0) is 49.7 Å². The first-order valence-electron chi connectivity index (χ1n) is 10.5. The molecule has 1 N–H and O–H groups in total. The molecule has 0 radical (unpaired) electrons. The molecule has 174 valence electrons. The molecule has 0 saturated carbocycles. The lowest BCUT2D eigenvalue weighted by Crippen LogP contribution is -2.29. The molecule has 1 aliphatic rings. The van der Waals surface area contributed by atoms with Crippen LogP contribution in [0.4, 0.5) is 14.5 Å². The Morgan fingerprint density at radius 2 is 1.82 bits per heavy atom. The SMILES string of the molecule is CCOc1ccc(Cl)c(/C(O)=C2\C(=O)C(=O)N(c3ccc(F)c(F)c3)C2c2cccc(C)c2)c1. The van der Waals surface area contributed by atoms with E-state index in [4.69, 9.17) is 16.3 Å². The van der Waals surface area contributed by atoms with Gasteiger partial charge in [0.15, 0.2) is 11.6 Å². The maximum atomic E-state index is 14.1. The van der Waals surface area contributed by atoms with Crippen LogP contribution in [0.15, 0.2) is 66.2 Å². The van der Waals surface area contributed by atoms with Crippen LogP contribution >= 0.6 is 11.6 Å². The van der Waals surface area contributed by atoms with Crippen molar-refractivity contribution in [3.05, 3.63) is 99.6 Å². The molecular weight excluding hydrogens is 464 g/mol. The zero-order valence-corrected chi connectivity index (χ0v) is 19.1. The molecule has 3 aromatic carbocycles. The summed E-state index contributed by atoms with van der Waals surface area (Å²) in [5.74, 6) is -4.32. The summed E-state index contributed by atoms with van der Waals surface area (Å²) in [4.78, 5) is 27.4. The average molecular weight is 484 g/mol. The van der Waals surface area contributed by atoms with Gasteiger partial charge in [0, 0.05) is 17.3 Å². The second-order valence-electron chi connectivity index (χ2n) is 7.76. The van der Waals surface area contributed by atoms with Gasteiger partial charge in [0.25, 0.3) is 11.7 Å². The number of anilines is 1. The fourth-order valence-electron chi connectivity index (χ4n) is 3.98. The number of nitrogens with zero attached hydrogens (tertiary/aromatic N) is 1. The lowest BCUT2D eigenvalue weighted by molar-refractivity contribution is -0.132. The lowest BCUT2D eigenvalue weighted by atomic mass is 9.94. The van der Waals surface area contributed by atoms with Gasteiger partial charge in [0.05, 0.1) is 23.2 Å². The Balaban J connectivity index is 1.97. The fraction of sp³-hybridized carbons (Fsp3) is 0.154. The molecule has 1 unspecified atom stereocenters. The quantitative estimate of drug-likeness (QED) is 0.276. The summed E-state index contributed by atoms with van der Waals surface area (Å²) in [6.07, 6.45) is 0. The molecule has 0 aliphatic carbocycles. The molecule has 5 nitrogen and oxygen atoms in total. The van der Waals surface area contributed by atoms with Crippen LogP contribution in [-0.4, -0.2) is 23.4 Å². The van der Waals surface area contributed by atoms with Crippen LogP contribution in [-0.2, 0) is 9.59 Å². The summed E-state index contributed by atoms with van der Waals surface area (Å²) < 4.78 is 33.1. The van der Waals surface area contributed by atoms with E-state index in [2.05, 4.69) is 0 Å². The first kappa shape index (κ1) is 23.4. The predicted molar refractivity (Wildman–Crippen MR) is 125 cm³/mol. The van der Waals surface area contributed by atoms with Crippen molar-refractivity contribution in [1.29, 1.82) is 0 Å². The van der Waals surface area contributed by atoms with E-state index in [1.165, 1.54) is 18.2 Å². The van der Waals surface area contributed by atoms with Crippen LogP contribution in [0, 0.1) is 18.6 Å². The molecule has 1 heterocycles. The predicted octanol–water partition coefficient (Wildman–Crippen LogP) is 5.95. The van der Waals surface area contributed by atoms with E-state index in [1.807, 2.05) is 13.0 Å². The molecule has 1 atom stereocenters. The molecule has 8 heteroatoms. The van der Waals surface area contributed by atoms with Gasteiger partial charge in [-0.1, -0.05) is 41.4 Å². The van der Waals surface area contributed by atoms with Gasteiger partial charge in [-0.15, -0.1) is 0 Å². The van der Waals surface area contributed by atoms with Gasteiger partial charge in [-0.3, -0.25) is 14.5 Å². The van der Waals surface area contributed by atoms with Gasteiger partial charge in [-0.25, -0.2) is 8.78 Å². The number of aryl methyl sites for hydroxylation is 1. The van der Waals surface area contributed by atoms with Crippen LogP contribution in [0.3, 0.4) is 0 Å². The number of amides is 1. The summed E-state index contributed by atoms with van der Waals surface area (Å²) in [6.45, 7) is 3.99. The number of ether oxygens (including phenoxy) is 1. The Labute approximate surface area is 199 Å². The van der Waals surface area contributed by atoms with Crippen molar-refractivity contribution in [2.24, 2.45) is 0 Å². The first-order valence-corrected chi connectivity index (χ1v) is 10.9. The summed E-state index contributed by atoms with van der Waals surface area (Å²) >= 11 is 6.31. The van der Waals surface area contributed by atoms with Crippen LogP contribution in [0.5, 0.6) is 5.75 Å². The number of Topliss-reactive ketones (excluding diaryl/α,β-unsaturated/α-hetero) is 1. The lowest BCUT2D eigenvalue weighted by Gasteiger charge is -2.26. The monoisotopic (exact) mass is 483 g/mol. The maximum absolute atomic E-state index is 14.1. The number of hydrogen-bond acceptors (Lipinski definition) is 4. The minimum atomic E-state index is -1.17. The Bertz CT molecular complexity index is 1340. The smallest absolute Gasteiger partial charge is 0.300 e. The highest BCUT2D eigenvalue weighted by Crippen LogP contribution is 2.43. The van der Waals surface area contributed by atoms with E-state index in [9.17, 15) is 23.5 Å². The molecule has 0 aromatic heterocycles. The Morgan fingerprint density at radius 1 is 1.06 bits per heavy atom.